The number of ether oxygens (including phenoxy) is 1. The van der Waals surface area contributed by atoms with Crippen molar-refractivity contribution in [1.29, 1.82) is 0 Å². The van der Waals surface area contributed by atoms with Gasteiger partial charge in [-0.25, -0.2) is 0 Å². The Hall–Kier alpha value is -0.130. The van der Waals surface area contributed by atoms with Crippen LogP contribution in [0.5, 0.6) is 0 Å². The van der Waals surface area contributed by atoms with Crippen molar-refractivity contribution in [3.05, 3.63) is 0 Å². The first-order valence-electron chi connectivity index (χ1n) is 4.61. The van der Waals surface area contributed by atoms with Crippen molar-refractivity contribution in [2.45, 2.75) is 42.8 Å². The summed E-state index contributed by atoms with van der Waals surface area (Å²) in [5.74, 6) is 0. The minimum atomic E-state index is -3.28. The van der Waals surface area contributed by atoms with Gasteiger partial charge in [-0.1, -0.05) is 6.92 Å². The lowest BCUT2D eigenvalue weighted by Gasteiger charge is -2.45. The molecular formula is C8H10O4S. The molecule has 0 radical (unpaired) electrons. The van der Waals surface area contributed by atoms with Crippen molar-refractivity contribution < 1.29 is 17.3 Å². The van der Waals surface area contributed by atoms with Crippen molar-refractivity contribution in [3.8, 4) is 0 Å². The van der Waals surface area contributed by atoms with Crippen LogP contribution in [0.3, 0.4) is 0 Å². The van der Waals surface area contributed by atoms with Crippen LogP contribution in [0, 0.1) is 5.41 Å². The molecule has 5 heteroatoms. The molecule has 0 aromatic heterocycles. The summed E-state index contributed by atoms with van der Waals surface area (Å²) in [6.45, 7) is 2.00. The zero-order valence-electron chi connectivity index (χ0n) is 7.19. The van der Waals surface area contributed by atoms with E-state index in [4.69, 9.17) is 8.92 Å². The predicted molar refractivity (Wildman–Crippen MR) is 42.5 cm³/mol. The molecule has 0 N–H and O–H groups in total. The van der Waals surface area contributed by atoms with Gasteiger partial charge in [-0.2, -0.15) is 8.42 Å². The van der Waals surface area contributed by atoms with Crippen LogP contribution in [0.4, 0.5) is 0 Å². The van der Waals surface area contributed by atoms with Crippen LogP contribution in [0.2, 0.25) is 0 Å². The van der Waals surface area contributed by atoms with E-state index in [2.05, 4.69) is 0 Å². The molecule has 13 heavy (non-hydrogen) atoms. The van der Waals surface area contributed by atoms with Gasteiger partial charge in [0.05, 0.1) is 17.5 Å². The van der Waals surface area contributed by atoms with E-state index in [1.54, 1.807) is 0 Å². The van der Waals surface area contributed by atoms with Gasteiger partial charge in [0, 0.05) is 11.8 Å². The summed E-state index contributed by atoms with van der Waals surface area (Å²) < 4.78 is 33.8. The van der Waals surface area contributed by atoms with E-state index in [1.807, 2.05) is 6.92 Å². The van der Waals surface area contributed by atoms with Gasteiger partial charge < -0.3 is 4.74 Å². The summed E-state index contributed by atoms with van der Waals surface area (Å²) in [6.07, 6.45) is 1.53. The molecule has 4 aliphatic rings. The Bertz CT molecular complexity index is 416. The lowest BCUT2D eigenvalue weighted by atomic mass is 9.59. The van der Waals surface area contributed by atoms with E-state index in [9.17, 15) is 8.42 Å². The summed E-state index contributed by atoms with van der Waals surface area (Å²) in [6, 6.07) is 0. The first kappa shape index (κ1) is 7.20. The molecule has 2 aliphatic heterocycles. The molecule has 4 nitrogen and oxygen atoms in total. The Kier molecular flexibility index (Phi) is 0.815. The molecule has 5 atom stereocenters. The molecule has 0 amide bonds. The Labute approximate surface area is 76.3 Å². The highest BCUT2D eigenvalue weighted by molar-refractivity contribution is 7.87. The van der Waals surface area contributed by atoms with E-state index in [-0.39, 0.29) is 28.5 Å². The quantitative estimate of drug-likeness (QED) is 0.411. The fourth-order valence-electron chi connectivity index (χ4n) is 3.66. The molecule has 2 saturated carbocycles. The van der Waals surface area contributed by atoms with Crippen LogP contribution in [0.15, 0.2) is 0 Å². The molecule has 0 aromatic carbocycles. The normalized spacial score (nSPS) is 69.8. The minimum Gasteiger partial charge on any atom is -0.365 e. The third-order valence-corrected chi connectivity index (χ3v) is 6.46. The monoisotopic (exact) mass is 202 g/mol. The first-order valence-corrected chi connectivity index (χ1v) is 6.08. The molecule has 2 heterocycles. The van der Waals surface area contributed by atoms with Crippen LogP contribution < -0.4 is 0 Å². The van der Waals surface area contributed by atoms with E-state index in [1.165, 1.54) is 0 Å². The number of hydrogen-bond donors (Lipinski definition) is 0. The van der Waals surface area contributed by atoms with Crippen molar-refractivity contribution in [2.24, 2.45) is 5.41 Å². The molecule has 4 rings (SSSR count). The summed E-state index contributed by atoms with van der Waals surface area (Å²) >= 11 is 0. The maximum atomic E-state index is 11.6. The van der Waals surface area contributed by atoms with Crippen LogP contribution in [0.25, 0.3) is 0 Å². The fourth-order valence-corrected chi connectivity index (χ4v) is 5.75. The molecule has 72 valence electrons. The van der Waals surface area contributed by atoms with Gasteiger partial charge in [0.1, 0.15) is 5.60 Å². The third-order valence-electron chi connectivity index (χ3n) is 4.58. The molecule has 0 aromatic rings. The van der Waals surface area contributed by atoms with Crippen molar-refractivity contribution >= 4 is 10.1 Å². The lowest BCUT2D eigenvalue weighted by Crippen LogP contribution is -2.57. The largest absolute Gasteiger partial charge is 0.365 e. The van der Waals surface area contributed by atoms with Gasteiger partial charge >= 0.3 is 0 Å². The molecule has 2 saturated heterocycles. The van der Waals surface area contributed by atoms with E-state index in [0.29, 0.717) is 6.42 Å². The number of rotatable bonds is 0. The van der Waals surface area contributed by atoms with Gasteiger partial charge in [-0.15, -0.1) is 0 Å². The van der Waals surface area contributed by atoms with Gasteiger partial charge in [-0.3, -0.25) is 4.18 Å². The second kappa shape index (κ2) is 1.47. The highest BCUT2D eigenvalue weighted by Crippen LogP contribution is 2.76. The third kappa shape index (κ3) is 0.465. The maximum absolute atomic E-state index is 11.6. The highest BCUT2D eigenvalue weighted by Gasteiger charge is 2.89. The molecule has 0 bridgehead atoms. The predicted octanol–water partition coefficient (Wildman–Crippen LogP) is 0.0349. The van der Waals surface area contributed by atoms with Gasteiger partial charge in [-0.05, 0) is 6.42 Å². The maximum Gasteiger partial charge on any atom is 0.271 e. The summed E-state index contributed by atoms with van der Waals surface area (Å²) in [7, 11) is -3.28. The van der Waals surface area contributed by atoms with Gasteiger partial charge in [0.25, 0.3) is 10.1 Å². The second-order valence-electron chi connectivity index (χ2n) is 4.78. The summed E-state index contributed by atoms with van der Waals surface area (Å²) in [4.78, 5) is 0. The summed E-state index contributed by atoms with van der Waals surface area (Å²) in [5, 5.41) is -0.294. The molecule has 4 fully saturated rings. The highest BCUT2D eigenvalue weighted by atomic mass is 32.2. The topological polar surface area (TPSA) is 55.9 Å². The first-order chi connectivity index (χ1) is 6.01. The van der Waals surface area contributed by atoms with Crippen LogP contribution in [0.1, 0.15) is 19.8 Å². The Morgan fingerprint density at radius 1 is 1.38 bits per heavy atom. The Balaban J connectivity index is 1.98. The number of epoxide rings is 1. The van der Waals surface area contributed by atoms with E-state index < -0.39 is 10.1 Å². The number of hydrogen-bond acceptors (Lipinski definition) is 4. The fraction of sp³-hybridized carbons (Fsp3) is 1.00. The van der Waals surface area contributed by atoms with Gasteiger partial charge in [0.15, 0.2) is 0 Å². The van der Waals surface area contributed by atoms with Gasteiger partial charge in [0.2, 0.25) is 0 Å². The van der Waals surface area contributed by atoms with E-state index in [0.717, 1.165) is 6.42 Å². The zero-order chi connectivity index (χ0) is 9.06. The SMILES string of the molecule is CC12C3CC14OC4CC2S(=O)(=O)O3. The second-order valence-corrected chi connectivity index (χ2v) is 6.53. The Morgan fingerprint density at radius 3 is 2.85 bits per heavy atom. The smallest absolute Gasteiger partial charge is 0.271 e. The standard InChI is InChI=1S/C8H10O4S/c1-7-5-3-8(7)4(11-8)2-6(7)13(9,10)12-5/h4-6H,2-3H2,1H3. The van der Waals surface area contributed by atoms with Crippen LogP contribution in [-0.4, -0.2) is 31.5 Å². The molecule has 2 aliphatic carbocycles. The van der Waals surface area contributed by atoms with Crippen molar-refractivity contribution in [3.63, 3.8) is 0 Å². The van der Waals surface area contributed by atoms with Crippen molar-refractivity contribution in [2.75, 3.05) is 0 Å². The molecular weight excluding hydrogens is 192 g/mol. The Morgan fingerprint density at radius 2 is 2.15 bits per heavy atom. The lowest BCUT2D eigenvalue weighted by molar-refractivity contribution is -0.0800. The van der Waals surface area contributed by atoms with Crippen molar-refractivity contribution in [1.82, 2.24) is 0 Å². The average molecular weight is 202 g/mol. The molecule has 1 spiro atoms. The van der Waals surface area contributed by atoms with Crippen LogP contribution >= 0.6 is 0 Å². The zero-order valence-corrected chi connectivity index (χ0v) is 8.00. The van der Waals surface area contributed by atoms with E-state index >= 15 is 0 Å². The average Bonchev–Trinajstić information content (AvgIpc) is 2.64. The van der Waals surface area contributed by atoms with Crippen LogP contribution in [-0.2, 0) is 19.0 Å². The summed E-state index contributed by atoms with van der Waals surface area (Å²) in [5.41, 5.74) is -0.331. The minimum absolute atomic E-state index is 0.102. The molecule has 5 unspecified atom stereocenters.